The van der Waals surface area contributed by atoms with Crippen LogP contribution in [0, 0.1) is 16.7 Å². The molecule has 0 spiro atoms. The highest BCUT2D eigenvalue weighted by Gasteiger charge is 2.07. The first-order valence-corrected chi connectivity index (χ1v) is 5.16. The summed E-state index contributed by atoms with van der Waals surface area (Å²) < 4.78 is 0. The molecule has 0 atom stereocenters. The molecule has 0 saturated heterocycles. The van der Waals surface area contributed by atoms with Crippen LogP contribution in [0.3, 0.4) is 0 Å². The van der Waals surface area contributed by atoms with Gasteiger partial charge < -0.3 is 0 Å². The SMILES string of the molecule is CC(C)(C)/C=C/C(=O)c1cccc(C#N)c1. The fourth-order valence-electron chi connectivity index (χ4n) is 1.16. The summed E-state index contributed by atoms with van der Waals surface area (Å²) in [5.74, 6) is -0.0629. The van der Waals surface area contributed by atoms with E-state index in [4.69, 9.17) is 5.26 Å². The Balaban J connectivity index is 2.90. The molecular formula is C14H15NO. The Morgan fingerprint density at radius 1 is 1.38 bits per heavy atom. The molecule has 82 valence electrons. The van der Waals surface area contributed by atoms with Gasteiger partial charge in [-0.15, -0.1) is 0 Å². The van der Waals surface area contributed by atoms with Crippen molar-refractivity contribution in [3.05, 3.63) is 47.5 Å². The molecule has 0 radical (unpaired) electrons. The topological polar surface area (TPSA) is 40.9 Å². The maximum absolute atomic E-state index is 11.8. The van der Waals surface area contributed by atoms with Gasteiger partial charge in [0.15, 0.2) is 5.78 Å². The smallest absolute Gasteiger partial charge is 0.185 e. The van der Waals surface area contributed by atoms with Crippen molar-refractivity contribution in [3.63, 3.8) is 0 Å². The molecule has 1 aromatic carbocycles. The van der Waals surface area contributed by atoms with Crippen LogP contribution in [-0.4, -0.2) is 5.78 Å². The van der Waals surface area contributed by atoms with E-state index < -0.39 is 0 Å². The molecule has 2 nitrogen and oxygen atoms in total. The Hall–Kier alpha value is -1.88. The van der Waals surface area contributed by atoms with Gasteiger partial charge in [0.05, 0.1) is 11.6 Å². The summed E-state index contributed by atoms with van der Waals surface area (Å²) in [6.07, 6.45) is 3.44. The van der Waals surface area contributed by atoms with Crippen molar-refractivity contribution in [2.75, 3.05) is 0 Å². The number of nitriles is 1. The fraction of sp³-hybridized carbons (Fsp3) is 0.286. The van der Waals surface area contributed by atoms with Crippen LogP contribution in [-0.2, 0) is 0 Å². The first kappa shape index (κ1) is 12.2. The predicted octanol–water partition coefficient (Wildman–Crippen LogP) is 3.34. The van der Waals surface area contributed by atoms with Gasteiger partial charge in [0.25, 0.3) is 0 Å². The molecule has 16 heavy (non-hydrogen) atoms. The van der Waals surface area contributed by atoms with Crippen LogP contribution in [0.2, 0.25) is 0 Å². The van der Waals surface area contributed by atoms with Crippen molar-refractivity contribution in [1.82, 2.24) is 0 Å². The van der Waals surface area contributed by atoms with Gasteiger partial charge in [-0.05, 0) is 23.6 Å². The van der Waals surface area contributed by atoms with E-state index in [2.05, 4.69) is 0 Å². The molecule has 2 heteroatoms. The minimum Gasteiger partial charge on any atom is -0.289 e. The lowest BCUT2D eigenvalue weighted by atomic mass is 9.95. The molecular weight excluding hydrogens is 198 g/mol. The average molecular weight is 213 g/mol. The second kappa shape index (κ2) is 4.76. The number of hydrogen-bond donors (Lipinski definition) is 0. The summed E-state index contributed by atoms with van der Waals surface area (Å²) in [5.41, 5.74) is 1.05. The van der Waals surface area contributed by atoms with Crippen LogP contribution in [0.1, 0.15) is 36.7 Å². The number of benzene rings is 1. The monoisotopic (exact) mass is 213 g/mol. The van der Waals surface area contributed by atoms with Crippen molar-refractivity contribution < 1.29 is 4.79 Å². The Morgan fingerprint density at radius 3 is 2.62 bits per heavy atom. The second-order valence-corrected chi connectivity index (χ2v) is 4.76. The normalized spacial score (nSPS) is 11.4. The van der Waals surface area contributed by atoms with Crippen LogP contribution in [0.15, 0.2) is 36.4 Å². The van der Waals surface area contributed by atoms with Crippen molar-refractivity contribution in [2.45, 2.75) is 20.8 Å². The summed E-state index contributed by atoms with van der Waals surface area (Å²) in [4.78, 5) is 11.8. The Labute approximate surface area is 96.2 Å². The van der Waals surface area contributed by atoms with Crippen LogP contribution in [0.5, 0.6) is 0 Å². The van der Waals surface area contributed by atoms with E-state index in [1.165, 1.54) is 0 Å². The zero-order valence-electron chi connectivity index (χ0n) is 9.82. The van der Waals surface area contributed by atoms with Gasteiger partial charge in [-0.2, -0.15) is 5.26 Å². The largest absolute Gasteiger partial charge is 0.289 e. The van der Waals surface area contributed by atoms with E-state index in [1.807, 2.05) is 32.9 Å². The van der Waals surface area contributed by atoms with Crippen molar-refractivity contribution in [2.24, 2.45) is 5.41 Å². The number of ketones is 1. The lowest BCUT2D eigenvalue weighted by molar-refractivity contribution is 0.104. The molecule has 1 aromatic rings. The van der Waals surface area contributed by atoms with Crippen LogP contribution in [0.25, 0.3) is 0 Å². The summed E-state index contributed by atoms with van der Waals surface area (Å²) in [7, 11) is 0. The van der Waals surface area contributed by atoms with Crippen LogP contribution < -0.4 is 0 Å². The lowest BCUT2D eigenvalue weighted by Crippen LogP contribution is -2.02. The predicted molar refractivity (Wildman–Crippen MR) is 64.1 cm³/mol. The number of hydrogen-bond acceptors (Lipinski definition) is 2. The molecule has 0 aliphatic carbocycles. The summed E-state index contributed by atoms with van der Waals surface area (Å²) in [6.45, 7) is 6.09. The minimum atomic E-state index is -0.0629. The zero-order chi connectivity index (χ0) is 12.2. The maximum Gasteiger partial charge on any atom is 0.185 e. The maximum atomic E-state index is 11.8. The third-order valence-corrected chi connectivity index (χ3v) is 2.01. The van der Waals surface area contributed by atoms with Crippen LogP contribution >= 0.6 is 0 Å². The first-order valence-electron chi connectivity index (χ1n) is 5.16. The quantitative estimate of drug-likeness (QED) is 0.558. The molecule has 0 unspecified atom stereocenters. The van der Waals surface area contributed by atoms with E-state index in [-0.39, 0.29) is 11.2 Å². The first-order chi connectivity index (χ1) is 7.42. The number of nitrogens with zero attached hydrogens (tertiary/aromatic N) is 1. The average Bonchev–Trinajstić information content (AvgIpc) is 2.25. The van der Waals surface area contributed by atoms with Gasteiger partial charge in [0.1, 0.15) is 0 Å². The molecule has 1 rings (SSSR count). The molecule has 0 bridgehead atoms. The Kier molecular flexibility index (Phi) is 3.63. The van der Waals surface area contributed by atoms with Crippen molar-refractivity contribution in [3.8, 4) is 6.07 Å². The van der Waals surface area contributed by atoms with Gasteiger partial charge in [-0.1, -0.05) is 39.0 Å². The summed E-state index contributed by atoms with van der Waals surface area (Å²) in [6, 6.07) is 8.75. The van der Waals surface area contributed by atoms with Crippen molar-refractivity contribution in [1.29, 1.82) is 5.26 Å². The molecule has 0 aromatic heterocycles. The van der Waals surface area contributed by atoms with Gasteiger partial charge in [-0.25, -0.2) is 0 Å². The van der Waals surface area contributed by atoms with E-state index in [1.54, 1.807) is 30.3 Å². The van der Waals surface area contributed by atoms with Gasteiger partial charge in [0, 0.05) is 5.56 Å². The Bertz CT molecular complexity index is 458. The van der Waals surface area contributed by atoms with E-state index in [9.17, 15) is 4.79 Å². The van der Waals surface area contributed by atoms with Crippen molar-refractivity contribution >= 4 is 5.78 Å². The van der Waals surface area contributed by atoms with E-state index in [0.717, 1.165) is 0 Å². The summed E-state index contributed by atoms with van der Waals surface area (Å²) in [5, 5.41) is 8.72. The molecule has 0 heterocycles. The van der Waals surface area contributed by atoms with E-state index >= 15 is 0 Å². The van der Waals surface area contributed by atoms with Gasteiger partial charge in [0.2, 0.25) is 0 Å². The standard InChI is InChI=1S/C14H15NO/c1-14(2,3)8-7-13(16)12-6-4-5-11(9-12)10-15/h4-9H,1-3H3/b8-7+. The zero-order valence-corrected chi connectivity index (χ0v) is 9.82. The van der Waals surface area contributed by atoms with Crippen LogP contribution in [0.4, 0.5) is 0 Å². The number of allylic oxidation sites excluding steroid dienone is 2. The summed E-state index contributed by atoms with van der Waals surface area (Å²) >= 11 is 0. The molecule has 0 amide bonds. The molecule has 0 aliphatic heterocycles. The fourth-order valence-corrected chi connectivity index (χ4v) is 1.16. The van der Waals surface area contributed by atoms with Gasteiger partial charge in [-0.3, -0.25) is 4.79 Å². The van der Waals surface area contributed by atoms with E-state index in [0.29, 0.717) is 11.1 Å². The number of carbonyl (C=O) groups is 1. The highest BCUT2D eigenvalue weighted by atomic mass is 16.1. The number of rotatable bonds is 2. The molecule has 0 aliphatic rings. The highest BCUT2D eigenvalue weighted by molar-refractivity contribution is 6.04. The molecule has 0 fully saturated rings. The Morgan fingerprint density at radius 2 is 2.06 bits per heavy atom. The highest BCUT2D eigenvalue weighted by Crippen LogP contribution is 2.15. The minimum absolute atomic E-state index is 0.0114. The third-order valence-electron chi connectivity index (χ3n) is 2.01. The molecule has 0 N–H and O–H groups in total. The molecule has 0 saturated carbocycles. The second-order valence-electron chi connectivity index (χ2n) is 4.76. The lowest BCUT2D eigenvalue weighted by Gasteiger charge is -2.10. The number of carbonyl (C=O) groups excluding carboxylic acids is 1. The van der Waals surface area contributed by atoms with Gasteiger partial charge >= 0.3 is 0 Å². The third kappa shape index (κ3) is 3.70.